The molecule has 0 aliphatic carbocycles. The van der Waals surface area contributed by atoms with Crippen molar-refractivity contribution in [3.8, 4) is 22.3 Å². The van der Waals surface area contributed by atoms with E-state index in [-0.39, 0.29) is 5.69 Å². The minimum atomic E-state index is -4.29. The van der Waals surface area contributed by atoms with E-state index in [1.165, 1.54) is 6.20 Å². The molecule has 3 aromatic heterocycles. The van der Waals surface area contributed by atoms with E-state index in [4.69, 9.17) is 0 Å². The Labute approximate surface area is 193 Å². The number of halogens is 2. The molecular formula is C24H15F2N5O2S. The van der Waals surface area contributed by atoms with Gasteiger partial charge in [0.05, 0.1) is 29.8 Å². The first kappa shape index (κ1) is 21.5. The monoisotopic (exact) mass is 475 g/mol. The molecular weight excluding hydrogens is 460 g/mol. The zero-order valence-electron chi connectivity index (χ0n) is 17.4. The smallest absolute Gasteiger partial charge is 0.264 e. The molecule has 0 aliphatic rings. The number of hydrogen-bond donors (Lipinski definition) is 1. The van der Waals surface area contributed by atoms with Gasteiger partial charge in [-0.15, -0.1) is 0 Å². The fourth-order valence-corrected chi connectivity index (χ4v) is 4.68. The first-order valence-corrected chi connectivity index (χ1v) is 11.5. The number of sulfonamides is 1. The van der Waals surface area contributed by atoms with Gasteiger partial charge in [0.1, 0.15) is 16.5 Å². The van der Waals surface area contributed by atoms with Crippen molar-refractivity contribution < 1.29 is 17.2 Å². The fraction of sp³-hybridized carbons (Fsp3) is 0. The predicted octanol–water partition coefficient (Wildman–Crippen LogP) is 4.83. The van der Waals surface area contributed by atoms with Crippen LogP contribution in [0.5, 0.6) is 0 Å². The van der Waals surface area contributed by atoms with Gasteiger partial charge >= 0.3 is 0 Å². The van der Waals surface area contributed by atoms with E-state index >= 15 is 0 Å². The molecule has 0 fully saturated rings. The maximum atomic E-state index is 14.0. The summed E-state index contributed by atoms with van der Waals surface area (Å²) in [5, 5.41) is 8.62. The number of pyridine rings is 2. The van der Waals surface area contributed by atoms with Gasteiger partial charge < -0.3 is 0 Å². The predicted molar refractivity (Wildman–Crippen MR) is 123 cm³/mol. The van der Waals surface area contributed by atoms with E-state index in [2.05, 4.69) is 24.9 Å². The van der Waals surface area contributed by atoms with E-state index in [0.29, 0.717) is 11.6 Å². The Kier molecular flexibility index (Phi) is 5.42. The molecule has 0 aliphatic heterocycles. The third kappa shape index (κ3) is 4.18. The number of anilines is 1. The summed E-state index contributed by atoms with van der Waals surface area (Å²) in [6, 6.07) is 13.2. The van der Waals surface area contributed by atoms with Crippen LogP contribution in [0.25, 0.3) is 33.2 Å². The fourth-order valence-electron chi connectivity index (χ4n) is 3.58. The number of fused-ring (bicyclic) bond motifs is 1. The lowest BCUT2D eigenvalue weighted by Gasteiger charge is -2.11. The van der Waals surface area contributed by atoms with Crippen LogP contribution >= 0.6 is 0 Å². The van der Waals surface area contributed by atoms with Crippen molar-refractivity contribution in [3.05, 3.63) is 97.2 Å². The molecule has 34 heavy (non-hydrogen) atoms. The molecule has 1 N–H and O–H groups in total. The first-order chi connectivity index (χ1) is 16.4. The number of nitrogens with one attached hydrogen (secondary N) is 1. The molecule has 2 aromatic carbocycles. The molecule has 0 bridgehead atoms. The summed E-state index contributed by atoms with van der Waals surface area (Å²) in [6.07, 6.45) is 7.87. The van der Waals surface area contributed by atoms with Crippen LogP contribution in [0.1, 0.15) is 0 Å². The second kappa shape index (κ2) is 8.56. The second-order valence-corrected chi connectivity index (χ2v) is 9.01. The third-order valence-electron chi connectivity index (χ3n) is 5.14. The van der Waals surface area contributed by atoms with Gasteiger partial charge in [-0.1, -0.05) is 6.07 Å². The van der Waals surface area contributed by atoms with Crippen LogP contribution in [0.4, 0.5) is 14.5 Å². The quantitative estimate of drug-likeness (QED) is 0.391. The molecule has 168 valence electrons. The molecule has 0 unspecified atom stereocenters. The Morgan fingerprint density at radius 2 is 1.65 bits per heavy atom. The summed E-state index contributed by atoms with van der Waals surface area (Å²) >= 11 is 0. The van der Waals surface area contributed by atoms with Crippen molar-refractivity contribution in [2.45, 2.75) is 4.90 Å². The van der Waals surface area contributed by atoms with Gasteiger partial charge in [-0.2, -0.15) is 10.2 Å². The average Bonchev–Trinajstić information content (AvgIpc) is 2.83. The zero-order valence-corrected chi connectivity index (χ0v) is 18.2. The van der Waals surface area contributed by atoms with Crippen LogP contribution < -0.4 is 4.72 Å². The van der Waals surface area contributed by atoms with Crippen LogP contribution in [-0.4, -0.2) is 28.6 Å². The average molecular weight is 475 g/mol. The van der Waals surface area contributed by atoms with Gasteiger partial charge in [0.15, 0.2) is 0 Å². The van der Waals surface area contributed by atoms with Crippen molar-refractivity contribution >= 4 is 26.6 Å². The minimum Gasteiger partial charge on any atom is -0.278 e. The van der Waals surface area contributed by atoms with Crippen molar-refractivity contribution in [2.75, 3.05) is 4.72 Å². The molecule has 7 nitrogen and oxygen atoms in total. The van der Waals surface area contributed by atoms with Crippen molar-refractivity contribution in [2.24, 2.45) is 0 Å². The Balaban J connectivity index is 1.53. The molecule has 0 atom stereocenters. The van der Waals surface area contributed by atoms with Crippen LogP contribution in [0.15, 0.2) is 90.5 Å². The van der Waals surface area contributed by atoms with Crippen LogP contribution in [0, 0.1) is 11.6 Å². The number of rotatable bonds is 5. The van der Waals surface area contributed by atoms with E-state index in [9.17, 15) is 17.2 Å². The summed E-state index contributed by atoms with van der Waals surface area (Å²) in [4.78, 5) is 7.87. The third-order valence-corrected chi connectivity index (χ3v) is 6.56. The molecule has 10 heteroatoms. The Hall–Kier alpha value is -4.31. The SMILES string of the molecule is O=S(=O)(Nc1cncc(-c2ccc3nccc(-c4ccnnc4)c3c2)c1)c1ccc(F)cc1F. The molecule has 0 spiro atoms. The van der Waals surface area contributed by atoms with Gasteiger partial charge in [0.2, 0.25) is 0 Å². The highest BCUT2D eigenvalue weighted by molar-refractivity contribution is 7.92. The highest BCUT2D eigenvalue weighted by Gasteiger charge is 2.20. The van der Waals surface area contributed by atoms with Crippen LogP contribution in [-0.2, 0) is 10.0 Å². The summed E-state index contributed by atoms with van der Waals surface area (Å²) in [5.74, 6) is -2.05. The first-order valence-electron chi connectivity index (χ1n) is 10.00. The second-order valence-electron chi connectivity index (χ2n) is 7.36. The highest BCUT2D eigenvalue weighted by atomic mass is 32.2. The summed E-state index contributed by atoms with van der Waals surface area (Å²) in [7, 11) is -4.29. The Bertz CT molecular complexity index is 1630. The molecule has 0 saturated carbocycles. The molecule has 0 amide bonds. The van der Waals surface area contributed by atoms with Gasteiger partial charge in [-0.3, -0.25) is 14.7 Å². The summed E-state index contributed by atoms with van der Waals surface area (Å²) in [5.41, 5.74) is 4.09. The number of hydrogen-bond acceptors (Lipinski definition) is 6. The summed E-state index contributed by atoms with van der Waals surface area (Å²) in [6.45, 7) is 0. The number of nitrogens with zero attached hydrogens (tertiary/aromatic N) is 4. The zero-order chi connectivity index (χ0) is 23.7. The van der Waals surface area contributed by atoms with E-state index in [1.807, 2.05) is 30.3 Å². The van der Waals surface area contributed by atoms with Crippen molar-refractivity contribution in [1.82, 2.24) is 20.2 Å². The van der Waals surface area contributed by atoms with Gasteiger partial charge in [-0.25, -0.2) is 17.2 Å². The normalized spacial score (nSPS) is 11.5. The molecule has 0 radical (unpaired) electrons. The largest absolute Gasteiger partial charge is 0.278 e. The highest BCUT2D eigenvalue weighted by Crippen LogP contribution is 2.31. The topological polar surface area (TPSA) is 97.7 Å². The van der Waals surface area contributed by atoms with Gasteiger partial charge in [0.25, 0.3) is 10.0 Å². The van der Waals surface area contributed by atoms with Crippen LogP contribution in [0.3, 0.4) is 0 Å². The van der Waals surface area contributed by atoms with E-state index < -0.39 is 26.6 Å². The van der Waals surface area contributed by atoms with Crippen LogP contribution in [0.2, 0.25) is 0 Å². The molecule has 5 aromatic rings. The Morgan fingerprint density at radius 3 is 2.44 bits per heavy atom. The van der Waals surface area contributed by atoms with E-state index in [0.717, 1.165) is 39.7 Å². The molecule has 0 saturated heterocycles. The summed E-state index contributed by atoms with van der Waals surface area (Å²) < 4.78 is 54.8. The van der Waals surface area contributed by atoms with Crippen molar-refractivity contribution in [1.29, 1.82) is 0 Å². The lowest BCUT2D eigenvalue weighted by molar-refractivity contribution is 0.551. The molecule has 3 heterocycles. The molecule has 5 rings (SSSR count). The lowest BCUT2D eigenvalue weighted by atomic mass is 9.99. The maximum absolute atomic E-state index is 14.0. The number of aromatic nitrogens is 4. The number of benzene rings is 2. The maximum Gasteiger partial charge on any atom is 0.264 e. The van der Waals surface area contributed by atoms with Gasteiger partial charge in [0, 0.05) is 35.0 Å². The standard InChI is InChI=1S/C24H15F2N5O2S/c25-18-2-4-24(22(26)11-18)34(32,33)31-19-9-17(12-27-14-19)15-1-3-23-21(10-15)20(6-7-28-23)16-5-8-29-30-13-16/h1-14,31H. The lowest BCUT2D eigenvalue weighted by Crippen LogP contribution is -2.15. The van der Waals surface area contributed by atoms with Gasteiger partial charge in [-0.05, 0) is 53.6 Å². The Morgan fingerprint density at radius 1 is 0.765 bits per heavy atom. The minimum absolute atomic E-state index is 0.131. The van der Waals surface area contributed by atoms with Crippen molar-refractivity contribution in [3.63, 3.8) is 0 Å². The van der Waals surface area contributed by atoms with E-state index in [1.54, 1.807) is 30.9 Å².